The maximum atomic E-state index is 13.5. The van der Waals surface area contributed by atoms with Crippen molar-refractivity contribution in [3.8, 4) is 33.4 Å². The summed E-state index contributed by atoms with van der Waals surface area (Å²) in [5.41, 5.74) is 12.6. The SMILES string of the molecule is O=C1c2ccccc2-c2c1cccc2N(c1ccc(-c2ccccc2)cc1)c1ccc(-c2cccc3c2oc2ccccc23)cc1. The van der Waals surface area contributed by atoms with E-state index in [0.717, 1.165) is 77.9 Å². The van der Waals surface area contributed by atoms with Gasteiger partial charge in [0.05, 0.1) is 5.69 Å². The van der Waals surface area contributed by atoms with E-state index < -0.39 is 0 Å². The Morgan fingerprint density at radius 1 is 0.413 bits per heavy atom. The molecule has 0 fully saturated rings. The third-order valence-electron chi connectivity index (χ3n) is 9.04. The number of benzene rings is 7. The minimum Gasteiger partial charge on any atom is -0.455 e. The van der Waals surface area contributed by atoms with Gasteiger partial charge >= 0.3 is 0 Å². The van der Waals surface area contributed by atoms with Gasteiger partial charge in [-0.1, -0.05) is 127 Å². The maximum Gasteiger partial charge on any atom is 0.194 e. The largest absolute Gasteiger partial charge is 0.455 e. The molecule has 1 aliphatic carbocycles. The topological polar surface area (TPSA) is 33.5 Å². The van der Waals surface area contributed by atoms with Crippen LogP contribution in [0.4, 0.5) is 17.1 Å². The second-order valence-electron chi connectivity index (χ2n) is 11.7. The molecule has 1 aliphatic rings. The molecule has 0 bridgehead atoms. The molecule has 216 valence electrons. The van der Waals surface area contributed by atoms with Gasteiger partial charge < -0.3 is 9.32 Å². The number of rotatable bonds is 5. The number of carbonyl (C=O) groups is 1. The molecule has 46 heavy (non-hydrogen) atoms. The van der Waals surface area contributed by atoms with Gasteiger partial charge in [0.15, 0.2) is 5.78 Å². The number of fused-ring (bicyclic) bond motifs is 6. The fourth-order valence-corrected chi connectivity index (χ4v) is 6.87. The number of anilines is 3. The highest BCUT2D eigenvalue weighted by molar-refractivity contribution is 6.24. The number of nitrogens with zero attached hydrogens (tertiary/aromatic N) is 1. The zero-order valence-electron chi connectivity index (χ0n) is 24.9. The Balaban J connectivity index is 1.20. The molecule has 0 radical (unpaired) electrons. The molecule has 1 heterocycles. The van der Waals surface area contributed by atoms with Crippen molar-refractivity contribution in [2.45, 2.75) is 0 Å². The van der Waals surface area contributed by atoms with Gasteiger partial charge in [0.25, 0.3) is 0 Å². The molecule has 0 saturated heterocycles. The van der Waals surface area contributed by atoms with Crippen LogP contribution in [0.15, 0.2) is 168 Å². The highest BCUT2D eigenvalue weighted by Crippen LogP contribution is 2.47. The molecular weight excluding hydrogens is 562 g/mol. The molecule has 0 atom stereocenters. The van der Waals surface area contributed by atoms with E-state index in [9.17, 15) is 4.79 Å². The summed E-state index contributed by atoms with van der Waals surface area (Å²) >= 11 is 0. The summed E-state index contributed by atoms with van der Waals surface area (Å²) in [5, 5.41) is 2.23. The van der Waals surface area contributed by atoms with Crippen LogP contribution in [0.2, 0.25) is 0 Å². The van der Waals surface area contributed by atoms with Gasteiger partial charge in [-0.05, 0) is 58.7 Å². The summed E-state index contributed by atoms with van der Waals surface area (Å²) in [5.74, 6) is 0.0705. The summed E-state index contributed by atoms with van der Waals surface area (Å²) < 4.78 is 6.35. The van der Waals surface area contributed by atoms with Crippen LogP contribution in [-0.4, -0.2) is 5.78 Å². The lowest BCUT2D eigenvalue weighted by molar-refractivity contribution is 0.104. The van der Waals surface area contributed by atoms with E-state index in [4.69, 9.17) is 4.42 Å². The van der Waals surface area contributed by atoms with Gasteiger partial charge in [0, 0.05) is 44.4 Å². The van der Waals surface area contributed by atoms with Crippen LogP contribution < -0.4 is 4.90 Å². The quantitative estimate of drug-likeness (QED) is 0.200. The minimum absolute atomic E-state index is 0.0705. The molecular formula is C43H27NO2. The highest BCUT2D eigenvalue weighted by Gasteiger charge is 2.30. The average molecular weight is 590 g/mol. The zero-order chi connectivity index (χ0) is 30.6. The van der Waals surface area contributed by atoms with E-state index in [1.165, 1.54) is 5.56 Å². The van der Waals surface area contributed by atoms with Gasteiger partial charge in [0.1, 0.15) is 11.2 Å². The van der Waals surface area contributed by atoms with Gasteiger partial charge in [-0.25, -0.2) is 0 Å². The molecule has 9 rings (SSSR count). The summed E-state index contributed by atoms with van der Waals surface area (Å²) in [6.45, 7) is 0. The van der Waals surface area contributed by atoms with E-state index >= 15 is 0 Å². The standard InChI is InChI=1S/C43H27NO2/c45-42-36-14-5-4-13-35(36)41-38(42)17-9-18-39(41)44(31-24-20-29(21-25-31)28-10-2-1-3-11-28)32-26-22-30(23-27-32)33-15-8-16-37-34-12-6-7-19-40(34)46-43(33)37/h1-27H. The average Bonchev–Trinajstić information content (AvgIpc) is 3.65. The van der Waals surface area contributed by atoms with Crippen molar-refractivity contribution in [1.29, 1.82) is 0 Å². The number of carbonyl (C=O) groups excluding carboxylic acids is 1. The normalized spacial score (nSPS) is 12.0. The van der Waals surface area contributed by atoms with Gasteiger partial charge in [-0.2, -0.15) is 0 Å². The van der Waals surface area contributed by atoms with Crippen molar-refractivity contribution in [3.05, 3.63) is 175 Å². The summed E-state index contributed by atoms with van der Waals surface area (Å²) in [6.07, 6.45) is 0. The Hall–Kier alpha value is -6.19. The Morgan fingerprint density at radius 2 is 0.978 bits per heavy atom. The molecule has 0 amide bonds. The van der Waals surface area contributed by atoms with Crippen molar-refractivity contribution in [2.75, 3.05) is 4.90 Å². The molecule has 0 unspecified atom stereocenters. The fourth-order valence-electron chi connectivity index (χ4n) is 6.87. The first-order valence-corrected chi connectivity index (χ1v) is 15.5. The van der Waals surface area contributed by atoms with Crippen LogP contribution in [0.3, 0.4) is 0 Å². The Kier molecular flexibility index (Phi) is 5.97. The molecule has 8 aromatic rings. The van der Waals surface area contributed by atoms with Crippen LogP contribution in [0.1, 0.15) is 15.9 Å². The molecule has 0 N–H and O–H groups in total. The molecule has 0 aliphatic heterocycles. The van der Waals surface area contributed by atoms with Gasteiger partial charge in [-0.3, -0.25) is 4.79 Å². The number of hydrogen-bond donors (Lipinski definition) is 0. The van der Waals surface area contributed by atoms with Gasteiger partial charge in [0.2, 0.25) is 0 Å². The van der Waals surface area contributed by atoms with E-state index in [0.29, 0.717) is 0 Å². The first kappa shape index (κ1) is 26.2. The second kappa shape index (κ2) is 10.5. The predicted molar refractivity (Wildman–Crippen MR) is 188 cm³/mol. The fraction of sp³-hybridized carbons (Fsp3) is 0. The van der Waals surface area contributed by atoms with Crippen LogP contribution in [0.5, 0.6) is 0 Å². The van der Waals surface area contributed by atoms with Crippen LogP contribution >= 0.6 is 0 Å². The zero-order valence-corrected chi connectivity index (χ0v) is 24.9. The molecule has 0 spiro atoms. The second-order valence-corrected chi connectivity index (χ2v) is 11.7. The Bertz CT molecular complexity index is 2420. The lowest BCUT2D eigenvalue weighted by Gasteiger charge is -2.28. The number of para-hydroxylation sites is 2. The van der Waals surface area contributed by atoms with E-state index in [1.807, 2.05) is 54.6 Å². The summed E-state index contributed by atoms with van der Waals surface area (Å²) in [7, 11) is 0. The lowest BCUT2D eigenvalue weighted by Crippen LogP contribution is -2.11. The Morgan fingerprint density at radius 3 is 1.76 bits per heavy atom. The van der Waals surface area contributed by atoms with Crippen LogP contribution in [0.25, 0.3) is 55.3 Å². The first-order chi connectivity index (χ1) is 22.7. The smallest absolute Gasteiger partial charge is 0.194 e. The minimum atomic E-state index is 0.0705. The monoisotopic (exact) mass is 589 g/mol. The van der Waals surface area contributed by atoms with Crippen molar-refractivity contribution in [2.24, 2.45) is 0 Å². The number of furan rings is 1. The molecule has 3 nitrogen and oxygen atoms in total. The maximum absolute atomic E-state index is 13.5. The molecule has 0 saturated carbocycles. The van der Waals surface area contributed by atoms with Crippen molar-refractivity contribution in [3.63, 3.8) is 0 Å². The highest BCUT2D eigenvalue weighted by atomic mass is 16.3. The third kappa shape index (κ3) is 4.10. The van der Waals surface area contributed by atoms with Crippen molar-refractivity contribution < 1.29 is 9.21 Å². The van der Waals surface area contributed by atoms with Crippen molar-refractivity contribution >= 4 is 44.8 Å². The lowest BCUT2D eigenvalue weighted by atomic mass is 9.99. The first-order valence-electron chi connectivity index (χ1n) is 15.5. The Labute approximate surface area is 266 Å². The summed E-state index contributed by atoms with van der Waals surface area (Å²) in [4.78, 5) is 15.7. The molecule has 3 heteroatoms. The van der Waals surface area contributed by atoms with E-state index in [2.05, 4.69) is 114 Å². The number of hydrogen-bond acceptors (Lipinski definition) is 3. The van der Waals surface area contributed by atoms with Crippen molar-refractivity contribution in [1.82, 2.24) is 0 Å². The van der Waals surface area contributed by atoms with Crippen LogP contribution in [0, 0.1) is 0 Å². The van der Waals surface area contributed by atoms with E-state index in [-0.39, 0.29) is 5.78 Å². The predicted octanol–water partition coefficient (Wildman–Crippen LogP) is 11.6. The third-order valence-corrected chi connectivity index (χ3v) is 9.04. The number of ketones is 1. The summed E-state index contributed by atoms with van der Waals surface area (Å²) in [6, 6.07) is 56.1. The molecule has 1 aromatic heterocycles. The van der Waals surface area contributed by atoms with Crippen LogP contribution in [-0.2, 0) is 0 Å². The van der Waals surface area contributed by atoms with Gasteiger partial charge in [-0.15, -0.1) is 0 Å². The molecule has 7 aromatic carbocycles. The van der Waals surface area contributed by atoms with E-state index in [1.54, 1.807) is 0 Å².